The van der Waals surface area contributed by atoms with E-state index in [1.807, 2.05) is 13.8 Å². The number of hydrogen-bond acceptors (Lipinski definition) is 4. The Balaban J connectivity index is 0.000000579. The lowest BCUT2D eigenvalue weighted by molar-refractivity contribution is -0.691. The number of nitrogens with zero attached hydrogens (tertiary/aromatic N) is 1. The first-order chi connectivity index (χ1) is 14.2. The van der Waals surface area contributed by atoms with E-state index < -0.39 is 10.1 Å². The van der Waals surface area contributed by atoms with Gasteiger partial charge in [-0.2, -0.15) is 5.26 Å². The fourth-order valence-electron chi connectivity index (χ4n) is 3.51. The lowest BCUT2D eigenvalue weighted by atomic mass is 9.88. The van der Waals surface area contributed by atoms with E-state index in [1.165, 1.54) is 57.4 Å². The van der Waals surface area contributed by atoms with Crippen molar-refractivity contribution in [3.63, 3.8) is 0 Å². The second-order valence-electron chi connectivity index (χ2n) is 8.32. The summed E-state index contributed by atoms with van der Waals surface area (Å²) in [5, 5.41) is 11.6. The van der Waals surface area contributed by atoms with Gasteiger partial charge in [0.15, 0.2) is 5.54 Å². The minimum atomic E-state index is -4.33. The third kappa shape index (κ3) is 11.1. The van der Waals surface area contributed by atoms with Crippen LogP contribution in [0, 0.1) is 11.3 Å². The highest BCUT2D eigenvalue weighted by atomic mass is 32.2. The minimum absolute atomic E-state index is 0.0416. The van der Waals surface area contributed by atoms with Crippen LogP contribution in [-0.4, -0.2) is 25.6 Å². The summed E-state index contributed by atoms with van der Waals surface area (Å²) in [5.41, 5.74) is 0.444. The van der Waals surface area contributed by atoms with Gasteiger partial charge in [0.05, 0.1) is 11.9 Å². The van der Waals surface area contributed by atoms with Gasteiger partial charge in [-0.15, -0.1) is 0 Å². The van der Waals surface area contributed by atoms with Gasteiger partial charge in [-0.1, -0.05) is 84.4 Å². The zero-order chi connectivity index (χ0) is 23.0. The highest BCUT2D eigenvalue weighted by Gasteiger charge is 2.30. The lowest BCUT2D eigenvalue weighted by Gasteiger charge is -2.22. The van der Waals surface area contributed by atoms with E-state index in [9.17, 15) is 18.2 Å². The van der Waals surface area contributed by atoms with E-state index in [0.29, 0.717) is 5.56 Å². The van der Waals surface area contributed by atoms with E-state index in [0.717, 1.165) is 12.8 Å². The number of quaternary nitrogens is 1. The SMILES string of the molecule is CC(C)c1ccccc1S(=O)(=O)[O-].CCCCCCC(C#N)(CCCCCC)[NH2+]C. The van der Waals surface area contributed by atoms with Crippen molar-refractivity contribution in [2.75, 3.05) is 7.05 Å². The van der Waals surface area contributed by atoms with Crippen LogP contribution in [0.5, 0.6) is 0 Å². The van der Waals surface area contributed by atoms with E-state index >= 15 is 0 Å². The number of rotatable bonds is 13. The van der Waals surface area contributed by atoms with Crippen molar-refractivity contribution in [3.05, 3.63) is 29.8 Å². The molecule has 1 aromatic rings. The summed E-state index contributed by atoms with van der Waals surface area (Å²) < 4.78 is 32.4. The molecule has 0 saturated carbocycles. The van der Waals surface area contributed by atoms with Crippen molar-refractivity contribution in [1.82, 2.24) is 0 Å². The molecule has 6 heteroatoms. The molecule has 5 nitrogen and oxygen atoms in total. The predicted molar refractivity (Wildman–Crippen MR) is 122 cm³/mol. The molecule has 0 saturated heterocycles. The Hall–Kier alpha value is -1.42. The van der Waals surface area contributed by atoms with Crippen molar-refractivity contribution in [3.8, 4) is 6.07 Å². The van der Waals surface area contributed by atoms with Crippen molar-refractivity contribution in [2.45, 2.75) is 108 Å². The zero-order valence-corrected chi connectivity index (χ0v) is 20.4. The quantitative estimate of drug-likeness (QED) is 0.342. The molecule has 172 valence electrons. The first kappa shape index (κ1) is 28.6. The van der Waals surface area contributed by atoms with Crippen LogP contribution in [0.25, 0.3) is 0 Å². The standard InChI is InChI=1S/C15H30N2.C9H12O3S/c1-4-6-8-10-12-15(14-16,17-3)13-11-9-7-5-2;1-7(2)8-5-3-4-6-9(8)13(10,11)12/h17H,4-13H2,1-3H3;3-7H,1-2H3,(H,10,11,12). The third-order valence-electron chi connectivity index (χ3n) is 5.54. The fraction of sp³-hybridized carbons (Fsp3) is 0.708. The summed E-state index contributed by atoms with van der Waals surface area (Å²) in [6.45, 7) is 8.16. The van der Waals surface area contributed by atoms with Crippen LogP contribution in [0.15, 0.2) is 29.2 Å². The molecule has 0 aliphatic carbocycles. The molecule has 30 heavy (non-hydrogen) atoms. The van der Waals surface area contributed by atoms with E-state index in [-0.39, 0.29) is 16.4 Å². The summed E-state index contributed by atoms with van der Waals surface area (Å²) in [6, 6.07) is 8.85. The monoisotopic (exact) mass is 438 g/mol. The zero-order valence-electron chi connectivity index (χ0n) is 19.6. The van der Waals surface area contributed by atoms with Crippen LogP contribution < -0.4 is 5.32 Å². The van der Waals surface area contributed by atoms with Gasteiger partial charge < -0.3 is 9.87 Å². The Morgan fingerprint density at radius 3 is 1.83 bits per heavy atom. The fourth-order valence-corrected chi connectivity index (χ4v) is 4.35. The lowest BCUT2D eigenvalue weighted by Crippen LogP contribution is -2.93. The van der Waals surface area contributed by atoms with Gasteiger partial charge in [0.1, 0.15) is 16.2 Å². The number of nitrogens with two attached hydrogens (primary N) is 1. The van der Waals surface area contributed by atoms with Crippen LogP contribution in [0.2, 0.25) is 0 Å². The van der Waals surface area contributed by atoms with E-state index in [1.54, 1.807) is 18.2 Å². The number of hydrogen-bond donors (Lipinski definition) is 1. The minimum Gasteiger partial charge on any atom is -0.744 e. The van der Waals surface area contributed by atoms with E-state index in [2.05, 4.69) is 32.3 Å². The topological polar surface area (TPSA) is 97.6 Å². The number of benzene rings is 1. The van der Waals surface area contributed by atoms with Gasteiger partial charge >= 0.3 is 0 Å². The van der Waals surface area contributed by atoms with E-state index in [4.69, 9.17) is 0 Å². The predicted octanol–water partition coefficient (Wildman–Crippen LogP) is 5.10. The molecule has 0 atom stereocenters. The number of unbranched alkanes of at least 4 members (excludes halogenated alkanes) is 6. The second-order valence-corrected chi connectivity index (χ2v) is 9.67. The third-order valence-corrected chi connectivity index (χ3v) is 6.45. The average molecular weight is 439 g/mol. The maximum atomic E-state index is 10.8. The molecular weight excluding hydrogens is 396 g/mol. The first-order valence-corrected chi connectivity index (χ1v) is 12.8. The van der Waals surface area contributed by atoms with Crippen LogP contribution in [0.4, 0.5) is 0 Å². The largest absolute Gasteiger partial charge is 0.744 e. The highest BCUT2D eigenvalue weighted by Crippen LogP contribution is 2.22. The Bertz CT molecular complexity index is 712. The smallest absolute Gasteiger partial charge is 0.182 e. The van der Waals surface area contributed by atoms with Gasteiger partial charge in [-0.05, 0) is 30.4 Å². The number of nitriles is 1. The Kier molecular flexibility index (Phi) is 14.7. The molecule has 2 N–H and O–H groups in total. The summed E-state index contributed by atoms with van der Waals surface area (Å²) >= 11 is 0. The normalized spacial score (nSPS) is 11.7. The summed E-state index contributed by atoms with van der Waals surface area (Å²) in [7, 11) is -2.27. The molecule has 1 rings (SSSR count). The molecule has 0 radical (unpaired) electrons. The highest BCUT2D eigenvalue weighted by molar-refractivity contribution is 7.85. The molecule has 0 aliphatic rings. The molecule has 1 aromatic carbocycles. The average Bonchev–Trinajstić information content (AvgIpc) is 2.73. The second kappa shape index (κ2) is 15.4. The van der Waals surface area contributed by atoms with Gasteiger partial charge in [0, 0.05) is 12.8 Å². The van der Waals surface area contributed by atoms with Gasteiger partial charge in [-0.3, -0.25) is 0 Å². The van der Waals surface area contributed by atoms with Crippen LogP contribution in [0.3, 0.4) is 0 Å². The summed E-state index contributed by atoms with van der Waals surface area (Å²) in [5.74, 6) is 0.0416. The molecule has 0 spiro atoms. The molecule has 0 heterocycles. The van der Waals surface area contributed by atoms with Crippen molar-refractivity contribution in [2.24, 2.45) is 0 Å². The van der Waals surface area contributed by atoms with Crippen LogP contribution >= 0.6 is 0 Å². The Morgan fingerprint density at radius 1 is 1.00 bits per heavy atom. The molecule has 0 unspecified atom stereocenters. The van der Waals surface area contributed by atoms with Crippen LogP contribution in [-0.2, 0) is 10.1 Å². The van der Waals surface area contributed by atoms with Crippen molar-refractivity contribution >= 4 is 10.1 Å². The van der Waals surface area contributed by atoms with Gasteiger partial charge in [0.2, 0.25) is 0 Å². The molecule has 0 amide bonds. The molecular formula is C24H42N2O3S. The maximum Gasteiger partial charge on any atom is 0.182 e. The maximum absolute atomic E-state index is 10.8. The van der Waals surface area contributed by atoms with Crippen LogP contribution in [0.1, 0.15) is 103 Å². The first-order valence-electron chi connectivity index (χ1n) is 11.4. The van der Waals surface area contributed by atoms with Crippen molar-refractivity contribution < 1.29 is 18.3 Å². The molecule has 0 bridgehead atoms. The molecule has 0 aromatic heterocycles. The Labute approximate surface area is 185 Å². The van der Waals surface area contributed by atoms with Gasteiger partial charge in [0.25, 0.3) is 0 Å². The summed E-state index contributed by atoms with van der Waals surface area (Å²) in [6.07, 6.45) is 12.3. The summed E-state index contributed by atoms with van der Waals surface area (Å²) in [4.78, 5) is -0.106. The molecule has 0 fully saturated rings. The Morgan fingerprint density at radius 2 is 1.50 bits per heavy atom. The van der Waals surface area contributed by atoms with Crippen molar-refractivity contribution in [1.29, 1.82) is 5.26 Å². The van der Waals surface area contributed by atoms with Gasteiger partial charge in [-0.25, -0.2) is 8.42 Å². The molecule has 0 aliphatic heterocycles.